The van der Waals surface area contributed by atoms with Crippen LogP contribution in [-0.4, -0.2) is 36.6 Å². The fraction of sp³-hybridized carbons (Fsp3) is 0.733. The number of nitrogen functional groups attached to an aromatic ring is 1. The van der Waals surface area contributed by atoms with Crippen LogP contribution in [0.1, 0.15) is 33.4 Å². The first-order chi connectivity index (χ1) is 12.0. The van der Waals surface area contributed by atoms with Gasteiger partial charge < -0.3 is 14.9 Å². The lowest BCUT2D eigenvalue weighted by molar-refractivity contribution is -0.0249. The largest absolute Gasteiger partial charge is 0.414 e. The van der Waals surface area contributed by atoms with Gasteiger partial charge in [-0.15, -0.1) is 0 Å². The summed E-state index contributed by atoms with van der Waals surface area (Å²) in [6, 6.07) is -0.526. The lowest BCUT2D eigenvalue weighted by Gasteiger charge is -2.37. The highest BCUT2D eigenvalue weighted by Crippen LogP contribution is 2.38. The normalized spacial score (nSPS) is 23.7. The monoisotopic (exact) mass is 384 g/mol. The quantitative estimate of drug-likeness (QED) is 0.361. The SMILES string of the molecule is CC(C)(C)[Si](C)(C)OC[C@H]1O[C@@H](n2cc(F)c(N)nc2=O)CC1N=[N+]=[N-]. The molecule has 1 unspecified atom stereocenters. The van der Waals surface area contributed by atoms with Crippen LogP contribution in [-0.2, 0) is 9.16 Å². The molecule has 1 aromatic rings. The Morgan fingerprint density at radius 1 is 1.58 bits per heavy atom. The summed E-state index contributed by atoms with van der Waals surface area (Å²) in [7, 11) is -2.03. The second-order valence-electron chi connectivity index (χ2n) is 7.87. The molecule has 2 heterocycles. The second-order valence-corrected chi connectivity index (χ2v) is 12.7. The van der Waals surface area contributed by atoms with E-state index in [1.165, 1.54) is 0 Å². The number of nitrogens with zero attached hydrogens (tertiary/aromatic N) is 5. The molecule has 9 nitrogen and oxygen atoms in total. The number of nitrogens with two attached hydrogens (primary N) is 1. The smallest absolute Gasteiger partial charge is 0.351 e. The van der Waals surface area contributed by atoms with Crippen LogP contribution in [0.4, 0.5) is 10.2 Å². The molecule has 0 radical (unpaired) electrons. The Balaban J connectivity index is 2.20. The third kappa shape index (κ3) is 4.23. The van der Waals surface area contributed by atoms with Crippen LogP contribution in [0.25, 0.3) is 10.4 Å². The summed E-state index contributed by atoms with van der Waals surface area (Å²) in [5.74, 6) is -1.27. The van der Waals surface area contributed by atoms with Crippen molar-refractivity contribution in [2.45, 2.75) is 63.7 Å². The van der Waals surface area contributed by atoms with E-state index in [1.807, 2.05) is 0 Å². The van der Waals surface area contributed by atoms with Gasteiger partial charge in [0.15, 0.2) is 20.0 Å². The second kappa shape index (κ2) is 7.35. The molecule has 144 valence electrons. The minimum Gasteiger partial charge on any atom is -0.414 e. The van der Waals surface area contributed by atoms with Gasteiger partial charge in [0, 0.05) is 11.3 Å². The summed E-state index contributed by atoms with van der Waals surface area (Å²) >= 11 is 0. The highest BCUT2D eigenvalue weighted by Gasteiger charge is 2.41. The van der Waals surface area contributed by atoms with Crippen LogP contribution in [0, 0.1) is 5.82 Å². The van der Waals surface area contributed by atoms with E-state index < -0.39 is 44.0 Å². The Morgan fingerprint density at radius 2 is 2.23 bits per heavy atom. The molecule has 1 fully saturated rings. The zero-order valence-corrected chi connectivity index (χ0v) is 16.6. The van der Waals surface area contributed by atoms with Crippen LogP contribution in [0.3, 0.4) is 0 Å². The molecule has 2 rings (SSSR count). The van der Waals surface area contributed by atoms with Gasteiger partial charge in [0.1, 0.15) is 6.23 Å². The molecule has 0 aromatic carbocycles. The summed E-state index contributed by atoms with van der Waals surface area (Å²) < 4.78 is 26.7. The number of anilines is 1. The summed E-state index contributed by atoms with van der Waals surface area (Å²) in [4.78, 5) is 18.3. The number of ether oxygens (including phenoxy) is 1. The summed E-state index contributed by atoms with van der Waals surface area (Å²) in [5.41, 5.74) is 13.4. The van der Waals surface area contributed by atoms with Crippen molar-refractivity contribution < 1.29 is 13.6 Å². The van der Waals surface area contributed by atoms with E-state index in [-0.39, 0.29) is 18.1 Å². The van der Waals surface area contributed by atoms with Crippen LogP contribution in [0.15, 0.2) is 16.1 Å². The van der Waals surface area contributed by atoms with Gasteiger partial charge in [-0.25, -0.2) is 9.18 Å². The maximum Gasteiger partial charge on any atom is 0.351 e. The lowest BCUT2D eigenvalue weighted by atomic mass is 10.1. The van der Waals surface area contributed by atoms with Crippen molar-refractivity contribution >= 4 is 14.1 Å². The third-order valence-corrected chi connectivity index (χ3v) is 9.56. The molecule has 0 saturated carbocycles. The number of halogens is 1. The minimum absolute atomic E-state index is 0.0138. The first-order valence-electron chi connectivity index (χ1n) is 8.34. The molecule has 1 aliphatic heterocycles. The number of aromatic nitrogens is 2. The number of rotatable bonds is 5. The summed E-state index contributed by atoms with van der Waals surface area (Å²) in [6.07, 6.45) is -0.147. The van der Waals surface area contributed by atoms with Gasteiger partial charge in [0.25, 0.3) is 0 Å². The molecule has 0 aliphatic carbocycles. The molecule has 1 aliphatic rings. The van der Waals surface area contributed by atoms with Crippen LogP contribution < -0.4 is 11.4 Å². The number of hydrogen-bond acceptors (Lipinski definition) is 6. The van der Waals surface area contributed by atoms with Crippen molar-refractivity contribution in [2.24, 2.45) is 5.11 Å². The van der Waals surface area contributed by atoms with Crippen molar-refractivity contribution in [1.29, 1.82) is 0 Å². The highest BCUT2D eigenvalue weighted by molar-refractivity contribution is 6.74. The van der Waals surface area contributed by atoms with E-state index in [4.69, 9.17) is 20.4 Å². The summed E-state index contributed by atoms with van der Waals surface area (Å²) in [5, 5.41) is 3.76. The van der Waals surface area contributed by atoms with E-state index in [0.29, 0.717) is 0 Å². The molecule has 1 aromatic heterocycles. The molecule has 0 amide bonds. The van der Waals surface area contributed by atoms with Crippen molar-refractivity contribution in [3.63, 3.8) is 0 Å². The maximum absolute atomic E-state index is 13.7. The predicted molar refractivity (Wildman–Crippen MR) is 97.5 cm³/mol. The molecule has 11 heteroatoms. The minimum atomic E-state index is -2.03. The van der Waals surface area contributed by atoms with Crippen molar-refractivity contribution in [2.75, 3.05) is 12.3 Å². The Hall–Kier alpha value is -1.94. The fourth-order valence-electron chi connectivity index (χ4n) is 2.39. The van der Waals surface area contributed by atoms with E-state index >= 15 is 0 Å². The Bertz CT molecular complexity index is 772. The van der Waals surface area contributed by atoms with Gasteiger partial charge in [-0.2, -0.15) is 4.98 Å². The van der Waals surface area contributed by atoms with Crippen LogP contribution >= 0.6 is 0 Å². The van der Waals surface area contributed by atoms with Crippen LogP contribution in [0.2, 0.25) is 18.1 Å². The topological polar surface area (TPSA) is 128 Å². The highest BCUT2D eigenvalue weighted by atomic mass is 28.4. The first kappa shape index (κ1) is 20.4. The van der Waals surface area contributed by atoms with Gasteiger partial charge in [0.2, 0.25) is 0 Å². The third-order valence-electron chi connectivity index (χ3n) is 5.06. The molecule has 3 atom stereocenters. The van der Waals surface area contributed by atoms with Crippen LogP contribution in [0.5, 0.6) is 0 Å². The zero-order valence-electron chi connectivity index (χ0n) is 15.6. The summed E-state index contributed by atoms with van der Waals surface area (Å²) in [6.45, 7) is 10.8. The molecular formula is C15H25FN6O3Si. The fourth-order valence-corrected chi connectivity index (χ4v) is 3.41. The molecule has 1 saturated heterocycles. The molecule has 0 spiro atoms. The predicted octanol–water partition coefficient (Wildman–Crippen LogP) is 2.95. The van der Waals surface area contributed by atoms with Gasteiger partial charge in [-0.3, -0.25) is 4.57 Å². The van der Waals surface area contributed by atoms with E-state index in [0.717, 1.165) is 10.8 Å². The number of azide groups is 1. The van der Waals surface area contributed by atoms with E-state index in [9.17, 15) is 9.18 Å². The first-order valence-corrected chi connectivity index (χ1v) is 11.2. The Morgan fingerprint density at radius 3 is 2.81 bits per heavy atom. The molecular weight excluding hydrogens is 359 g/mol. The average molecular weight is 384 g/mol. The van der Waals surface area contributed by atoms with Crippen molar-refractivity contribution in [3.05, 3.63) is 32.9 Å². The molecule has 0 bridgehead atoms. The van der Waals surface area contributed by atoms with Gasteiger partial charge in [-0.1, -0.05) is 25.9 Å². The standard InChI is InChI=1S/C15H25FN6O3Si/c1-15(2,3)26(4,5)24-8-11-10(20-21-18)6-12(25-11)22-7-9(16)13(17)19-14(22)23/h7,10-12H,6,8H2,1-5H3,(H2,17,19,23)/t10?,11-,12-/m1/s1. The molecule has 2 N–H and O–H groups in total. The van der Waals surface area contributed by atoms with Gasteiger partial charge in [0.05, 0.1) is 24.9 Å². The van der Waals surface area contributed by atoms with E-state index in [2.05, 4.69) is 48.9 Å². The van der Waals surface area contributed by atoms with Crippen molar-refractivity contribution in [1.82, 2.24) is 9.55 Å². The van der Waals surface area contributed by atoms with Gasteiger partial charge >= 0.3 is 5.69 Å². The maximum atomic E-state index is 13.7. The number of hydrogen-bond donors (Lipinski definition) is 1. The van der Waals surface area contributed by atoms with Gasteiger partial charge in [-0.05, 0) is 23.7 Å². The molecule has 26 heavy (non-hydrogen) atoms. The lowest BCUT2D eigenvalue weighted by Crippen LogP contribution is -2.43. The van der Waals surface area contributed by atoms with Crippen molar-refractivity contribution in [3.8, 4) is 0 Å². The Kier molecular flexibility index (Phi) is 5.76. The zero-order chi connectivity index (χ0) is 19.7. The Labute approximate surface area is 152 Å². The van der Waals surface area contributed by atoms with E-state index in [1.54, 1.807) is 0 Å². The average Bonchev–Trinajstić information content (AvgIpc) is 2.91.